The summed E-state index contributed by atoms with van der Waals surface area (Å²) >= 11 is 2.09. The molecule has 1 aliphatic heterocycles. The fourth-order valence-electron chi connectivity index (χ4n) is 1.87. The van der Waals surface area contributed by atoms with Crippen LogP contribution in [0.15, 0.2) is 24.3 Å². The molecule has 0 spiro atoms. The van der Waals surface area contributed by atoms with Gasteiger partial charge in [0.2, 0.25) is 0 Å². The van der Waals surface area contributed by atoms with Crippen LogP contribution in [0.25, 0.3) is 0 Å². The number of nitrogens with one attached hydrogen (secondary N) is 1. The molecule has 2 rings (SSSR count). The SMILES string of the molecule is Nc1ccccc1CNCC1CCCS1. The fourth-order valence-corrected chi connectivity index (χ4v) is 3.10. The van der Waals surface area contributed by atoms with Gasteiger partial charge in [0.15, 0.2) is 0 Å². The van der Waals surface area contributed by atoms with Crippen LogP contribution in [0.3, 0.4) is 0 Å². The van der Waals surface area contributed by atoms with E-state index in [1.54, 1.807) is 0 Å². The van der Waals surface area contributed by atoms with Gasteiger partial charge in [0.1, 0.15) is 0 Å². The third-order valence-corrected chi connectivity index (χ3v) is 4.16. The molecule has 1 heterocycles. The van der Waals surface area contributed by atoms with Gasteiger partial charge < -0.3 is 11.1 Å². The summed E-state index contributed by atoms with van der Waals surface area (Å²) < 4.78 is 0. The van der Waals surface area contributed by atoms with Crippen molar-refractivity contribution in [1.82, 2.24) is 5.32 Å². The molecule has 0 saturated carbocycles. The Balaban J connectivity index is 1.75. The standard InChI is InChI=1S/C12H18N2S/c13-12-6-2-1-4-10(12)8-14-9-11-5-3-7-15-11/h1-2,4,6,11,14H,3,5,7-9,13H2. The molecule has 15 heavy (non-hydrogen) atoms. The maximum absolute atomic E-state index is 5.87. The van der Waals surface area contributed by atoms with Gasteiger partial charge >= 0.3 is 0 Å². The quantitative estimate of drug-likeness (QED) is 0.767. The molecule has 0 aliphatic carbocycles. The maximum Gasteiger partial charge on any atom is 0.0359 e. The summed E-state index contributed by atoms with van der Waals surface area (Å²) in [6.45, 7) is 2.00. The topological polar surface area (TPSA) is 38.0 Å². The van der Waals surface area contributed by atoms with Crippen LogP contribution < -0.4 is 11.1 Å². The number of benzene rings is 1. The van der Waals surface area contributed by atoms with E-state index in [2.05, 4.69) is 23.1 Å². The van der Waals surface area contributed by atoms with E-state index in [9.17, 15) is 0 Å². The molecule has 3 heteroatoms. The van der Waals surface area contributed by atoms with Gasteiger partial charge in [-0.1, -0.05) is 18.2 Å². The zero-order valence-corrected chi connectivity index (χ0v) is 9.72. The van der Waals surface area contributed by atoms with Crippen LogP contribution >= 0.6 is 11.8 Å². The van der Waals surface area contributed by atoms with Crippen molar-refractivity contribution in [3.8, 4) is 0 Å². The minimum absolute atomic E-state index is 0.815. The van der Waals surface area contributed by atoms with Crippen LogP contribution in [0.1, 0.15) is 18.4 Å². The van der Waals surface area contributed by atoms with E-state index in [0.717, 1.165) is 24.0 Å². The molecular weight excluding hydrogens is 204 g/mol. The van der Waals surface area contributed by atoms with Crippen LogP contribution in [0.5, 0.6) is 0 Å². The highest BCUT2D eigenvalue weighted by molar-refractivity contribution is 8.00. The first-order valence-electron chi connectivity index (χ1n) is 5.52. The zero-order chi connectivity index (χ0) is 10.5. The van der Waals surface area contributed by atoms with Gasteiger partial charge in [-0.2, -0.15) is 11.8 Å². The minimum atomic E-state index is 0.815. The van der Waals surface area contributed by atoms with Gasteiger partial charge in [-0.05, 0) is 30.2 Å². The van der Waals surface area contributed by atoms with Crippen molar-refractivity contribution in [3.63, 3.8) is 0 Å². The van der Waals surface area contributed by atoms with Crippen molar-refractivity contribution in [2.45, 2.75) is 24.6 Å². The minimum Gasteiger partial charge on any atom is -0.398 e. The molecule has 1 unspecified atom stereocenters. The number of nitrogen functional groups attached to an aromatic ring is 1. The van der Waals surface area contributed by atoms with Crippen LogP contribution in [0, 0.1) is 0 Å². The van der Waals surface area contributed by atoms with Crippen molar-refractivity contribution in [1.29, 1.82) is 0 Å². The molecule has 3 N–H and O–H groups in total. The summed E-state index contributed by atoms with van der Waals surface area (Å²) in [4.78, 5) is 0. The molecule has 0 amide bonds. The first kappa shape index (κ1) is 10.8. The predicted octanol–water partition coefficient (Wildman–Crippen LogP) is 2.25. The smallest absolute Gasteiger partial charge is 0.0359 e. The van der Waals surface area contributed by atoms with Crippen molar-refractivity contribution in [2.75, 3.05) is 18.0 Å². The van der Waals surface area contributed by atoms with Gasteiger partial charge in [-0.3, -0.25) is 0 Å². The Kier molecular flexibility index (Phi) is 3.92. The molecule has 1 fully saturated rings. The fraction of sp³-hybridized carbons (Fsp3) is 0.500. The monoisotopic (exact) mass is 222 g/mol. The Morgan fingerprint density at radius 2 is 2.27 bits per heavy atom. The van der Waals surface area contributed by atoms with Crippen LogP contribution in [0.2, 0.25) is 0 Å². The van der Waals surface area contributed by atoms with E-state index in [-0.39, 0.29) is 0 Å². The Morgan fingerprint density at radius 3 is 3.00 bits per heavy atom. The van der Waals surface area contributed by atoms with E-state index in [1.807, 2.05) is 18.2 Å². The second-order valence-corrected chi connectivity index (χ2v) is 5.37. The van der Waals surface area contributed by atoms with Crippen LogP contribution in [-0.4, -0.2) is 17.5 Å². The lowest BCUT2D eigenvalue weighted by molar-refractivity contribution is 0.646. The van der Waals surface area contributed by atoms with Gasteiger partial charge in [-0.25, -0.2) is 0 Å². The van der Waals surface area contributed by atoms with Gasteiger partial charge in [0.25, 0.3) is 0 Å². The van der Waals surface area contributed by atoms with Gasteiger partial charge in [0.05, 0.1) is 0 Å². The average Bonchev–Trinajstić information content (AvgIpc) is 2.74. The maximum atomic E-state index is 5.87. The normalized spacial score (nSPS) is 20.7. The molecule has 1 saturated heterocycles. The summed E-state index contributed by atoms with van der Waals surface area (Å²) in [5, 5.41) is 4.30. The van der Waals surface area contributed by atoms with Crippen LogP contribution in [0.4, 0.5) is 5.69 Å². The lowest BCUT2D eigenvalue weighted by atomic mass is 10.2. The highest BCUT2D eigenvalue weighted by Crippen LogP contribution is 2.25. The summed E-state index contributed by atoms with van der Waals surface area (Å²) in [7, 11) is 0. The Bertz CT molecular complexity index is 308. The number of thioether (sulfide) groups is 1. The molecular formula is C12H18N2S. The molecule has 0 aromatic heterocycles. The lowest BCUT2D eigenvalue weighted by Crippen LogP contribution is -2.23. The number of hydrogen-bond donors (Lipinski definition) is 2. The van der Waals surface area contributed by atoms with Gasteiger partial charge in [-0.15, -0.1) is 0 Å². The third-order valence-electron chi connectivity index (χ3n) is 2.77. The van der Waals surface area contributed by atoms with E-state index in [1.165, 1.54) is 24.2 Å². The number of para-hydroxylation sites is 1. The molecule has 82 valence electrons. The average molecular weight is 222 g/mol. The first-order valence-corrected chi connectivity index (χ1v) is 6.57. The van der Waals surface area contributed by atoms with E-state index in [4.69, 9.17) is 5.73 Å². The van der Waals surface area contributed by atoms with Gasteiger partial charge in [0, 0.05) is 24.0 Å². The van der Waals surface area contributed by atoms with Crippen molar-refractivity contribution >= 4 is 17.4 Å². The number of anilines is 1. The molecule has 1 atom stereocenters. The summed E-state index contributed by atoms with van der Waals surface area (Å²) in [5.41, 5.74) is 7.97. The molecule has 1 aliphatic rings. The van der Waals surface area contributed by atoms with Crippen LogP contribution in [-0.2, 0) is 6.54 Å². The summed E-state index contributed by atoms with van der Waals surface area (Å²) in [6, 6.07) is 8.06. The van der Waals surface area contributed by atoms with E-state index < -0.39 is 0 Å². The Morgan fingerprint density at radius 1 is 1.40 bits per heavy atom. The summed E-state index contributed by atoms with van der Waals surface area (Å²) in [5.74, 6) is 1.33. The van der Waals surface area contributed by atoms with E-state index in [0.29, 0.717) is 0 Å². The highest BCUT2D eigenvalue weighted by atomic mass is 32.2. The molecule has 1 aromatic rings. The largest absolute Gasteiger partial charge is 0.398 e. The zero-order valence-electron chi connectivity index (χ0n) is 8.91. The second kappa shape index (κ2) is 5.42. The lowest BCUT2D eigenvalue weighted by Gasteiger charge is -2.11. The molecule has 0 bridgehead atoms. The number of nitrogens with two attached hydrogens (primary N) is 1. The van der Waals surface area contributed by atoms with Crippen molar-refractivity contribution < 1.29 is 0 Å². The Hall–Kier alpha value is -0.670. The highest BCUT2D eigenvalue weighted by Gasteiger charge is 2.14. The number of rotatable bonds is 4. The Labute approximate surface area is 95.6 Å². The molecule has 0 radical (unpaired) electrons. The number of hydrogen-bond acceptors (Lipinski definition) is 3. The second-order valence-electron chi connectivity index (χ2n) is 3.96. The van der Waals surface area contributed by atoms with Crippen molar-refractivity contribution in [2.24, 2.45) is 0 Å². The molecule has 1 aromatic carbocycles. The first-order chi connectivity index (χ1) is 7.36. The van der Waals surface area contributed by atoms with E-state index >= 15 is 0 Å². The van der Waals surface area contributed by atoms with Crippen molar-refractivity contribution in [3.05, 3.63) is 29.8 Å². The summed E-state index contributed by atoms with van der Waals surface area (Å²) in [6.07, 6.45) is 2.74. The third kappa shape index (κ3) is 3.14. The predicted molar refractivity (Wildman–Crippen MR) is 68.0 cm³/mol. The molecule has 2 nitrogen and oxygen atoms in total.